The third-order valence-corrected chi connectivity index (χ3v) is 13.5. The highest BCUT2D eigenvalue weighted by molar-refractivity contribution is 5.21. The molecule has 176 valence electrons. The van der Waals surface area contributed by atoms with Gasteiger partial charge in [0.05, 0.1) is 6.10 Å². The summed E-state index contributed by atoms with van der Waals surface area (Å²) in [7, 11) is 0. The molecule has 31 heavy (non-hydrogen) atoms. The first kappa shape index (κ1) is 22.5. The van der Waals surface area contributed by atoms with Crippen LogP contribution in [-0.2, 0) is 0 Å². The average molecular weight is 427 g/mol. The lowest BCUT2D eigenvalue weighted by Gasteiger charge is -2.73. The van der Waals surface area contributed by atoms with Gasteiger partial charge < -0.3 is 5.11 Å². The summed E-state index contributed by atoms with van der Waals surface area (Å²) in [5.74, 6) is 3.98. The van der Waals surface area contributed by atoms with Crippen LogP contribution in [0.3, 0.4) is 0 Å². The molecular formula is C30H50O. The van der Waals surface area contributed by atoms with Crippen LogP contribution < -0.4 is 0 Å². The minimum absolute atomic E-state index is 0.0632. The van der Waals surface area contributed by atoms with Crippen molar-refractivity contribution in [3.63, 3.8) is 0 Å². The molecule has 1 heteroatoms. The third kappa shape index (κ3) is 2.65. The topological polar surface area (TPSA) is 20.2 Å². The Hall–Kier alpha value is -0.300. The Balaban J connectivity index is 1.54. The Bertz CT molecular complexity index is 766. The van der Waals surface area contributed by atoms with E-state index in [1.807, 2.05) is 0 Å². The summed E-state index contributed by atoms with van der Waals surface area (Å²) >= 11 is 0. The van der Waals surface area contributed by atoms with Crippen molar-refractivity contribution in [2.24, 2.45) is 56.7 Å². The van der Waals surface area contributed by atoms with Crippen molar-refractivity contribution >= 4 is 0 Å². The predicted octanol–water partition coefficient (Wildman–Crippen LogP) is 8.02. The predicted molar refractivity (Wildman–Crippen MR) is 131 cm³/mol. The summed E-state index contributed by atoms with van der Waals surface area (Å²) in [4.78, 5) is 0. The van der Waals surface area contributed by atoms with Gasteiger partial charge in [0.2, 0.25) is 0 Å². The van der Waals surface area contributed by atoms with Crippen LogP contribution in [0.1, 0.15) is 113 Å². The number of aliphatic hydroxyl groups excluding tert-OH is 1. The molecule has 5 fully saturated rings. The van der Waals surface area contributed by atoms with Crippen molar-refractivity contribution in [2.45, 2.75) is 119 Å². The molecule has 0 aromatic carbocycles. The van der Waals surface area contributed by atoms with Gasteiger partial charge >= 0.3 is 0 Å². The third-order valence-electron chi connectivity index (χ3n) is 13.5. The van der Waals surface area contributed by atoms with E-state index in [-0.39, 0.29) is 11.5 Å². The van der Waals surface area contributed by atoms with Crippen LogP contribution in [0.15, 0.2) is 12.2 Å². The Labute approximate surface area is 192 Å². The van der Waals surface area contributed by atoms with Gasteiger partial charge in [-0.3, -0.25) is 0 Å². The molecule has 0 spiro atoms. The fourth-order valence-electron chi connectivity index (χ4n) is 11.5. The van der Waals surface area contributed by atoms with Crippen LogP contribution >= 0.6 is 0 Å². The summed E-state index contributed by atoms with van der Waals surface area (Å²) in [5.41, 5.74) is 3.38. The van der Waals surface area contributed by atoms with Gasteiger partial charge in [0, 0.05) is 0 Å². The number of hydrogen-bond acceptors (Lipinski definition) is 1. The van der Waals surface area contributed by atoms with Gasteiger partial charge in [0.1, 0.15) is 0 Å². The van der Waals surface area contributed by atoms with Crippen LogP contribution in [-0.4, -0.2) is 11.2 Å². The quantitative estimate of drug-likeness (QED) is 0.421. The summed E-state index contributed by atoms with van der Waals surface area (Å²) in [5, 5.41) is 10.9. The Kier molecular flexibility index (Phi) is 4.82. The molecule has 5 saturated carbocycles. The molecular weight excluding hydrogens is 376 g/mol. The second-order valence-electron chi connectivity index (χ2n) is 14.7. The van der Waals surface area contributed by atoms with Gasteiger partial charge in [-0.15, -0.1) is 0 Å². The van der Waals surface area contributed by atoms with Crippen molar-refractivity contribution in [2.75, 3.05) is 0 Å². The second-order valence-corrected chi connectivity index (χ2v) is 14.7. The molecule has 0 radical (unpaired) electrons. The van der Waals surface area contributed by atoms with Crippen molar-refractivity contribution in [1.82, 2.24) is 0 Å². The van der Waals surface area contributed by atoms with Crippen LogP contribution in [0.2, 0.25) is 0 Å². The molecule has 0 unspecified atom stereocenters. The molecule has 0 amide bonds. The minimum atomic E-state index is -0.118. The maximum Gasteiger partial charge on any atom is 0.0594 e. The van der Waals surface area contributed by atoms with Crippen LogP contribution in [0.25, 0.3) is 0 Å². The Morgan fingerprint density at radius 2 is 1.45 bits per heavy atom. The highest BCUT2D eigenvalue weighted by Crippen LogP contribution is 2.77. The average Bonchev–Trinajstić information content (AvgIpc) is 3.04. The van der Waals surface area contributed by atoms with E-state index in [4.69, 9.17) is 0 Å². The summed E-state index contributed by atoms with van der Waals surface area (Å²) in [6.07, 6.45) is 13.4. The van der Waals surface area contributed by atoms with E-state index in [9.17, 15) is 5.11 Å². The van der Waals surface area contributed by atoms with Gasteiger partial charge in [-0.2, -0.15) is 0 Å². The van der Waals surface area contributed by atoms with Gasteiger partial charge in [-0.05, 0) is 128 Å². The maximum atomic E-state index is 10.9. The number of hydrogen-bond donors (Lipinski definition) is 1. The molecule has 0 bridgehead atoms. The molecule has 5 aliphatic rings. The van der Waals surface area contributed by atoms with Gasteiger partial charge in [-0.25, -0.2) is 0 Å². The SMILES string of the molecule is C=C(C)[C@H]1CC[C@@]2(C)CC[C@]3(C)[C@H](CC[C@H]4[C@@]5(C)CC[C@@H](O)C(C)(C)[C@@H]5CC[C@@]43C)[C@H]12. The number of allylic oxidation sites excluding steroid dienone is 1. The Morgan fingerprint density at radius 1 is 0.742 bits per heavy atom. The zero-order valence-corrected chi connectivity index (χ0v) is 21.7. The molecule has 0 saturated heterocycles. The largest absolute Gasteiger partial charge is 0.393 e. The smallest absolute Gasteiger partial charge is 0.0594 e. The molecule has 0 aliphatic heterocycles. The number of fused-ring (bicyclic) bond motifs is 7. The maximum absolute atomic E-state index is 10.9. The molecule has 10 atom stereocenters. The van der Waals surface area contributed by atoms with Gasteiger partial charge in [-0.1, -0.05) is 53.7 Å². The first-order valence-electron chi connectivity index (χ1n) is 13.6. The molecule has 0 heterocycles. The van der Waals surface area contributed by atoms with Crippen molar-refractivity contribution in [1.29, 1.82) is 0 Å². The van der Waals surface area contributed by atoms with Crippen LogP contribution in [0.4, 0.5) is 0 Å². The van der Waals surface area contributed by atoms with Gasteiger partial charge in [0.15, 0.2) is 0 Å². The minimum Gasteiger partial charge on any atom is -0.393 e. The highest BCUT2D eigenvalue weighted by Gasteiger charge is 2.70. The molecule has 0 aromatic rings. The fraction of sp³-hybridized carbons (Fsp3) is 0.933. The monoisotopic (exact) mass is 426 g/mol. The van der Waals surface area contributed by atoms with E-state index >= 15 is 0 Å². The number of rotatable bonds is 1. The van der Waals surface area contributed by atoms with Crippen molar-refractivity contribution < 1.29 is 5.11 Å². The zero-order chi connectivity index (χ0) is 22.6. The van der Waals surface area contributed by atoms with E-state index in [1.54, 1.807) is 0 Å². The first-order chi connectivity index (χ1) is 14.3. The summed E-state index contributed by atoms with van der Waals surface area (Å²) in [6.45, 7) is 22.3. The van der Waals surface area contributed by atoms with Gasteiger partial charge in [0.25, 0.3) is 0 Å². The highest BCUT2D eigenvalue weighted by atomic mass is 16.3. The molecule has 5 aliphatic carbocycles. The van der Waals surface area contributed by atoms with Crippen molar-refractivity contribution in [3.8, 4) is 0 Å². The lowest BCUT2D eigenvalue weighted by Crippen LogP contribution is -2.66. The van der Waals surface area contributed by atoms with Crippen molar-refractivity contribution in [3.05, 3.63) is 12.2 Å². The standard InChI is InChI=1S/C30H50O/c1-19(2)20-11-14-27(5)17-18-29(7)21(25(20)27)9-10-23-28(6)15-13-24(31)26(3,4)22(28)12-16-30(23,29)8/h20-25,31H,1,9-18H2,2-8H3/t20-,21-,22+,23+,24-,25+,27+,28+,29-,30+/m1/s1. The van der Waals surface area contributed by atoms with E-state index in [1.165, 1.54) is 63.4 Å². The first-order valence-corrected chi connectivity index (χ1v) is 13.6. The Morgan fingerprint density at radius 3 is 2.13 bits per heavy atom. The fourth-order valence-corrected chi connectivity index (χ4v) is 11.5. The molecule has 0 aromatic heterocycles. The second kappa shape index (κ2) is 6.64. The normalized spacial score (nSPS) is 57.9. The van der Waals surface area contributed by atoms with Crippen LogP contribution in [0.5, 0.6) is 0 Å². The van der Waals surface area contributed by atoms with E-state index < -0.39 is 0 Å². The molecule has 5 rings (SSSR count). The summed E-state index contributed by atoms with van der Waals surface area (Å²) < 4.78 is 0. The van der Waals surface area contributed by atoms with E-state index in [0.29, 0.717) is 27.6 Å². The number of aliphatic hydroxyl groups is 1. The van der Waals surface area contributed by atoms with E-state index in [2.05, 4.69) is 55.0 Å². The van der Waals surface area contributed by atoms with E-state index in [0.717, 1.165) is 30.1 Å². The molecule has 1 N–H and O–H groups in total. The van der Waals surface area contributed by atoms with Crippen LogP contribution in [0, 0.1) is 56.7 Å². The zero-order valence-electron chi connectivity index (χ0n) is 21.7. The lowest BCUT2D eigenvalue weighted by atomic mass is 9.32. The lowest BCUT2D eigenvalue weighted by molar-refractivity contribution is -0.246. The molecule has 1 nitrogen and oxygen atoms in total. The summed E-state index contributed by atoms with van der Waals surface area (Å²) in [6, 6.07) is 0.